The number of rotatable bonds is 7. The fraction of sp³-hybridized carbons (Fsp3) is 0.333. The van der Waals surface area contributed by atoms with E-state index in [4.69, 9.17) is 19.2 Å². The van der Waals surface area contributed by atoms with Gasteiger partial charge in [0.15, 0.2) is 11.5 Å². The molecule has 1 aromatic heterocycles. The van der Waals surface area contributed by atoms with Gasteiger partial charge in [-0.15, -0.1) is 0 Å². The second kappa shape index (κ2) is 10.7. The average Bonchev–Trinajstić information content (AvgIpc) is 2.92. The van der Waals surface area contributed by atoms with Crippen LogP contribution in [0.1, 0.15) is 23.2 Å². The zero-order valence-corrected chi connectivity index (χ0v) is 19.8. The number of para-hydroxylation sites is 1. The van der Waals surface area contributed by atoms with E-state index in [0.717, 1.165) is 60.9 Å². The first-order valence-electron chi connectivity index (χ1n) is 12.0. The molecule has 0 spiro atoms. The Balaban J connectivity index is 1.26. The first-order valence-corrected chi connectivity index (χ1v) is 12.0. The Morgan fingerprint density at radius 2 is 1.86 bits per heavy atom. The molecular formula is C27H30N4O4. The molecule has 0 radical (unpaired) electrons. The van der Waals surface area contributed by atoms with Crippen LogP contribution in [-0.4, -0.2) is 50.8 Å². The number of fused-ring (bicyclic) bond motifs is 1. The van der Waals surface area contributed by atoms with Crippen LogP contribution in [0.4, 0.5) is 11.4 Å². The summed E-state index contributed by atoms with van der Waals surface area (Å²) in [6, 6.07) is 17.0. The van der Waals surface area contributed by atoms with E-state index in [1.165, 1.54) is 0 Å². The van der Waals surface area contributed by atoms with E-state index in [1.54, 1.807) is 7.11 Å². The van der Waals surface area contributed by atoms with Gasteiger partial charge < -0.3 is 30.2 Å². The standard InChI is InChI=1S/C27H30N4O4/c1-33-27-23(10-9-22(31-27)21-3-2-4-24-25(21)35-16-15-34-24)30-20-7-5-19(6-8-20)26(32)29-17-18-11-13-28-14-12-18/h2-10,18,28,30H,11-17H2,1H3,(H,29,32). The summed E-state index contributed by atoms with van der Waals surface area (Å²) in [5, 5.41) is 9.74. The second-order valence-electron chi connectivity index (χ2n) is 8.69. The highest BCUT2D eigenvalue weighted by Gasteiger charge is 2.19. The maximum atomic E-state index is 12.5. The molecule has 0 saturated carbocycles. The number of piperidine rings is 1. The summed E-state index contributed by atoms with van der Waals surface area (Å²) >= 11 is 0. The molecule has 182 valence electrons. The minimum atomic E-state index is -0.0453. The molecule has 2 aromatic carbocycles. The highest BCUT2D eigenvalue weighted by molar-refractivity contribution is 5.94. The van der Waals surface area contributed by atoms with Crippen LogP contribution in [0, 0.1) is 5.92 Å². The number of benzene rings is 2. The van der Waals surface area contributed by atoms with Crippen LogP contribution < -0.4 is 30.2 Å². The smallest absolute Gasteiger partial charge is 0.251 e. The molecule has 1 saturated heterocycles. The molecule has 0 atom stereocenters. The van der Waals surface area contributed by atoms with Crippen molar-refractivity contribution in [1.82, 2.24) is 15.6 Å². The lowest BCUT2D eigenvalue weighted by atomic mass is 9.98. The molecule has 2 aliphatic heterocycles. The van der Waals surface area contributed by atoms with Crippen molar-refractivity contribution in [3.63, 3.8) is 0 Å². The molecule has 0 bridgehead atoms. The fourth-order valence-electron chi connectivity index (χ4n) is 4.40. The van der Waals surface area contributed by atoms with Gasteiger partial charge in [0.1, 0.15) is 18.9 Å². The number of methoxy groups -OCH3 is 1. The molecule has 3 aromatic rings. The van der Waals surface area contributed by atoms with E-state index in [9.17, 15) is 4.79 Å². The fourth-order valence-corrected chi connectivity index (χ4v) is 4.40. The average molecular weight is 475 g/mol. The number of aromatic nitrogens is 1. The van der Waals surface area contributed by atoms with Crippen molar-refractivity contribution in [2.75, 3.05) is 45.3 Å². The molecule has 5 rings (SSSR count). The molecule has 8 nitrogen and oxygen atoms in total. The van der Waals surface area contributed by atoms with Crippen LogP contribution in [0.3, 0.4) is 0 Å². The first kappa shape index (κ1) is 23.0. The van der Waals surface area contributed by atoms with Crippen molar-refractivity contribution >= 4 is 17.3 Å². The number of nitrogens with zero attached hydrogens (tertiary/aromatic N) is 1. The molecule has 0 aliphatic carbocycles. The van der Waals surface area contributed by atoms with Crippen molar-refractivity contribution in [2.24, 2.45) is 5.92 Å². The number of anilines is 2. The third-order valence-corrected chi connectivity index (χ3v) is 6.33. The molecule has 1 amide bonds. The third kappa shape index (κ3) is 5.33. The number of hydrogen-bond acceptors (Lipinski definition) is 7. The van der Waals surface area contributed by atoms with Gasteiger partial charge in [0.05, 0.1) is 12.8 Å². The zero-order chi connectivity index (χ0) is 24.0. The summed E-state index contributed by atoms with van der Waals surface area (Å²) in [6.45, 7) is 3.81. The van der Waals surface area contributed by atoms with E-state index in [-0.39, 0.29) is 5.91 Å². The summed E-state index contributed by atoms with van der Waals surface area (Å²) in [7, 11) is 1.59. The molecule has 1 fully saturated rings. The summed E-state index contributed by atoms with van der Waals surface area (Å²) in [5.74, 6) is 2.38. The predicted octanol–water partition coefficient (Wildman–Crippen LogP) is 4.00. The summed E-state index contributed by atoms with van der Waals surface area (Å²) in [5.41, 5.74) is 3.78. The summed E-state index contributed by atoms with van der Waals surface area (Å²) in [6.07, 6.45) is 2.21. The number of amides is 1. The van der Waals surface area contributed by atoms with Crippen molar-refractivity contribution in [3.8, 4) is 28.6 Å². The minimum Gasteiger partial charge on any atom is -0.486 e. The summed E-state index contributed by atoms with van der Waals surface area (Å²) in [4.78, 5) is 17.2. The highest BCUT2D eigenvalue weighted by atomic mass is 16.6. The Hall–Kier alpha value is -3.78. The Morgan fingerprint density at radius 3 is 2.66 bits per heavy atom. The topological polar surface area (TPSA) is 93.7 Å². The number of pyridine rings is 1. The van der Waals surface area contributed by atoms with Gasteiger partial charge in [0.2, 0.25) is 5.88 Å². The van der Waals surface area contributed by atoms with Crippen LogP contribution in [0.25, 0.3) is 11.3 Å². The van der Waals surface area contributed by atoms with Crippen LogP contribution in [0.2, 0.25) is 0 Å². The van der Waals surface area contributed by atoms with Crippen molar-refractivity contribution in [1.29, 1.82) is 0 Å². The first-order chi connectivity index (χ1) is 17.2. The third-order valence-electron chi connectivity index (χ3n) is 6.33. The van der Waals surface area contributed by atoms with E-state index >= 15 is 0 Å². The molecular weight excluding hydrogens is 444 g/mol. The quantitative estimate of drug-likeness (QED) is 0.477. The van der Waals surface area contributed by atoms with Crippen LogP contribution in [-0.2, 0) is 0 Å². The number of nitrogens with one attached hydrogen (secondary N) is 3. The van der Waals surface area contributed by atoms with E-state index in [1.807, 2.05) is 54.6 Å². The van der Waals surface area contributed by atoms with Gasteiger partial charge in [-0.2, -0.15) is 0 Å². The number of carbonyl (C=O) groups excluding carboxylic acids is 1. The van der Waals surface area contributed by atoms with Gasteiger partial charge in [-0.3, -0.25) is 4.79 Å². The van der Waals surface area contributed by atoms with Gasteiger partial charge in [0.25, 0.3) is 5.91 Å². The van der Waals surface area contributed by atoms with Crippen LogP contribution >= 0.6 is 0 Å². The normalized spacial score (nSPS) is 15.3. The maximum Gasteiger partial charge on any atom is 0.251 e. The molecule has 2 aliphatic rings. The number of carbonyl (C=O) groups is 1. The monoisotopic (exact) mass is 474 g/mol. The van der Waals surface area contributed by atoms with Gasteiger partial charge in [-0.05, 0) is 80.4 Å². The molecule has 0 unspecified atom stereocenters. The van der Waals surface area contributed by atoms with E-state index in [0.29, 0.717) is 36.3 Å². The second-order valence-corrected chi connectivity index (χ2v) is 8.69. The van der Waals surface area contributed by atoms with Gasteiger partial charge in [-0.1, -0.05) is 6.07 Å². The number of ether oxygens (including phenoxy) is 3. The van der Waals surface area contributed by atoms with Gasteiger partial charge >= 0.3 is 0 Å². The SMILES string of the molecule is COc1nc(-c2cccc3c2OCCO3)ccc1Nc1ccc(C(=O)NCC2CCNCC2)cc1. The Bertz CT molecular complexity index is 1180. The van der Waals surface area contributed by atoms with E-state index < -0.39 is 0 Å². The number of hydrogen-bond donors (Lipinski definition) is 3. The molecule has 3 heterocycles. The van der Waals surface area contributed by atoms with Gasteiger partial charge in [0, 0.05) is 23.4 Å². The van der Waals surface area contributed by atoms with Crippen molar-refractivity contribution in [2.45, 2.75) is 12.8 Å². The lowest BCUT2D eigenvalue weighted by Crippen LogP contribution is -2.35. The zero-order valence-electron chi connectivity index (χ0n) is 19.8. The summed E-state index contributed by atoms with van der Waals surface area (Å²) < 4.78 is 17.1. The van der Waals surface area contributed by atoms with Crippen LogP contribution in [0.5, 0.6) is 17.4 Å². The van der Waals surface area contributed by atoms with E-state index in [2.05, 4.69) is 16.0 Å². The minimum absolute atomic E-state index is 0.0453. The van der Waals surface area contributed by atoms with Crippen molar-refractivity contribution < 1.29 is 19.0 Å². The van der Waals surface area contributed by atoms with Crippen molar-refractivity contribution in [3.05, 3.63) is 60.2 Å². The Labute approximate surface area is 205 Å². The highest BCUT2D eigenvalue weighted by Crippen LogP contribution is 2.40. The van der Waals surface area contributed by atoms with Gasteiger partial charge in [-0.25, -0.2) is 4.98 Å². The predicted molar refractivity (Wildman–Crippen MR) is 135 cm³/mol. The Morgan fingerprint density at radius 1 is 1.06 bits per heavy atom. The maximum absolute atomic E-state index is 12.5. The van der Waals surface area contributed by atoms with Crippen LogP contribution in [0.15, 0.2) is 54.6 Å². The largest absolute Gasteiger partial charge is 0.486 e. The molecule has 3 N–H and O–H groups in total. The Kier molecular flexibility index (Phi) is 6.99. The molecule has 8 heteroatoms. The lowest BCUT2D eigenvalue weighted by Gasteiger charge is -2.22. The lowest BCUT2D eigenvalue weighted by molar-refractivity contribution is 0.0944. The molecule has 35 heavy (non-hydrogen) atoms.